The zero-order valence-electron chi connectivity index (χ0n) is 11.8. The maximum atomic E-state index is 13.3. The Bertz CT molecular complexity index is 758. The fourth-order valence-electron chi connectivity index (χ4n) is 2.75. The van der Waals surface area contributed by atoms with E-state index in [1.54, 1.807) is 0 Å². The van der Waals surface area contributed by atoms with E-state index in [9.17, 15) is 22.4 Å². The Morgan fingerprint density at radius 3 is 2.78 bits per heavy atom. The molecule has 0 saturated carbocycles. The van der Waals surface area contributed by atoms with Gasteiger partial charge in [-0.15, -0.1) is 11.3 Å². The summed E-state index contributed by atoms with van der Waals surface area (Å²) in [4.78, 5) is 13.9. The van der Waals surface area contributed by atoms with Gasteiger partial charge in [-0.25, -0.2) is 4.39 Å². The van der Waals surface area contributed by atoms with Gasteiger partial charge >= 0.3 is 6.18 Å². The van der Waals surface area contributed by atoms with E-state index in [-0.39, 0.29) is 29.4 Å². The number of likely N-dealkylation sites (tertiary alicyclic amines) is 1. The number of hydrogen-bond donors (Lipinski definition) is 0. The van der Waals surface area contributed by atoms with Crippen LogP contribution < -0.4 is 0 Å². The third-order valence-corrected chi connectivity index (χ3v) is 5.60. The topological polar surface area (TPSA) is 20.3 Å². The lowest BCUT2D eigenvalue weighted by molar-refractivity contribution is -0.184. The van der Waals surface area contributed by atoms with Crippen LogP contribution in [0.2, 0.25) is 5.02 Å². The monoisotopic (exact) mass is 365 g/mol. The minimum Gasteiger partial charge on any atom is -0.337 e. The van der Waals surface area contributed by atoms with Gasteiger partial charge in [0.25, 0.3) is 5.91 Å². The zero-order valence-corrected chi connectivity index (χ0v) is 13.4. The molecule has 0 N–H and O–H groups in total. The Morgan fingerprint density at radius 2 is 2.09 bits per heavy atom. The lowest BCUT2D eigenvalue weighted by Crippen LogP contribution is -2.44. The molecular formula is C15H12ClF4NOS. The fourth-order valence-corrected chi connectivity index (χ4v) is 4.25. The van der Waals surface area contributed by atoms with Crippen LogP contribution in [0, 0.1) is 11.7 Å². The average molecular weight is 366 g/mol. The molecule has 2 aromatic rings. The van der Waals surface area contributed by atoms with Crippen LogP contribution in [0.1, 0.15) is 22.5 Å². The van der Waals surface area contributed by atoms with Crippen molar-refractivity contribution in [1.82, 2.24) is 4.90 Å². The molecule has 23 heavy (non-hydrogen) atoms. The summed E-state index contributed by atoms with van der Waals surface area (Å²) < 4.78 is 52.4. The lowest BCUT2D eigenvalue weighted by atomic mass is 9.97. The van der Waals surface area contributed by atoms with E-state index in [1.165, 1.54) is 23.1 Å². The summed E-state index contributed by atoms with van der Waals surface area (Å²) in [6, 6.07) is 3.96. The molecule has 0 bridgehead atoms. The molecule has 1 aliphatic rings. The standard InChI is InChI=1S/C15H12ClF4NOS/c16-12-10-4-3-9(17)6-11(10)23-13(12)14(22)21-5-1-2-8(7-21)15(18,19)20/h3-4,6,8H,1-2,5,7H2. The second-order valence-corrected chi connectivity index (χ2v) is 6.95. The van der Waals surface area contributed by atoms with Crippen molar-refractivity contribution >= 4 is 38.9 Å². The van der Waals surface area contributed by atoms with Crippen molar-refractivity contribution in [3.8, 4) is 0 Å². The van der Waals surface area contributed by atoms with Crippen LogP contribution in [0.15, 0.2) is 18.2 Å². The third-order valence-electron chi connectivity index (χ3n) is 3.96. The van der Waals surface area contributed by atoms with Crippen molar-refractivity contribution in [1.29, 1.82) is 0 Å². The molecule has 2 heterocycles. The van der Waals surface area contributed by atoms with Gasteiger partial charge in [0.1, 0.15) is 10.7 Å². The molecule has 1 atom stereocenters. The van der Waals surface area contributed by atoms with Gasteiger partial charge in [0.05, 0.1) is 10.9 Å². The van der Waals surface area contributed by atoms with Crippen molar-refractivity contribution in [3.05, 3.63) is 33.9 Å². The summed E-state index contributed by atoms with van der Waals surface area (Å²) in [6.07, 6.45) is -3.99. The number of piperidine rings is 1. The molecule has 2 nitrogen and oxygen atoms in total. The summed E-state index contributed by atoms with van der Waals surface area (Å²) in [5.41, 5.74) is 0. The predicted octanol–water partition coefficient (Wildman–Crippen LogP) is 5.11. The number of fused-ring (bicyclic) bond motifs is 1. The Balaban J connectivity index is 1.89. The van der Waals surface area contributed by atoms with Crippen molar-refractivity contribution in [3.63, 3.8) is 0 Å². The van der Waals surface area contributed by atoms with Crippen molar-refractivity contribution in [2.45, 2.75) is 19.0 Å². The minimum absolute atomic E-state index is 0.0264. The van der Waals surface area contributed by atoms with Crippen LogP contribution in [0.3, 0.4) is 0 Å². The Kier molecular flexibility index (Phi) is 4.27. The summed E-state index contributed by atoms with van der Waals surface area (Å²) in [5.74, 6) is -2.49. The number of amides is 1. The van der Waals surface area contributed by atoms with Gasteiger partial charge in [0.15, 0.2) is 0 Å². The number of hydrogen-bond acceptors (Lipinski definition) is 2. The zero-order chi connectivity index (χ0) is 16.8. The minimum atomic E-state index is -4.31. The molecule has 1 aromatic carbocycles. The maximum Gasteiger partial charge on any atom is 0.393 e. The maximum absolute atomic E-state index is 13.3. The SMILES string of the molecule is O=C(c1sc2cc(F)ccc2c1Cl)N1CCCC(C(F)(F)F)C1. The lowest BCUT2D eigenvalue weighted by Gasteiger charge is -2.33. The van der Waals surface area contributed by atoms with E-state index >= 15 is 0 Å². The third kappa shape index (κ3) is 3.17. The van der Waals surface area contributed by atoms with E-state index < -0.39 is 23.8 Å². The first-order valence-corrected chi connectivity index (χ1v) is 8.20. The van der Waals surface area contributed by atoms with Gasteiger partial charge in [0, 0.05) is 23.2 Å². The average Bonchev–Trinajstić information content (AvgIpc) is 2.82. The van der Waals surface area contributed by atoms with Crippen LogP contribution in [0.4, 0.5) is 17.6 Å². The van der Waals surface area contributed by atoms with Gasteiger partial charge in [0.2, 0.25) is 0 Å². The largest absolute Gasteiger partial charge is 0.393 e. The Labute approximate surface area is 138 Å². The van der Waals surface area contributed by atoms with Crippen molar-refractivity contribution in [2.24, 2.45) is 5.92 Å². The van der Waals surface area contributed by atoms with Gasteiger partial charge in [-0.1, -0.05) is 11.6 Å². The number of carbonyl (C=O) groups excluding carboxylic acids is 1. The quantitative estimate of drug-likeness (QED) is 0.643. The van der Waals surface area contributed by atoms with Crippen molar-refractivity contribution in [2.75, 3.05) is 13.1 Å². The highest BCUT2D eigenvalue weighted by Crippen LogP contribution is 2.38. The molecule has 0 radical (unpaired) electrons. The molecule has 1 fully saturated rings. The highest BCUT2D eigenvalue weighted by Gasteiger charge is 2.43. The van der Waals surface area contributed by atoms with Crippen LogP contribution in [0.25, 0.3) is 10.1 Å². The second kappa shape index (κ2) is 5.94. The Hall–Kier alpha value is -1.34. The van der Waals surface area contributed by atoms with Gasteiger partial charge in [-0.05, 0) is 31.0 Å². The number of rotatable bonds is 1. The Morgan fingerprint density at radius 1 is 1.35 bits per heavy atom. The number of carbonyl (C=O) groups is 1. The molecule has 8 heteroatoms. The van der Waals surface area contributed by atoms with Gasteiger partial charge in [-0.3, -0.25) is 4.79 Å². The number of nitrogens with zero attached hydrogens (tertiary/aromatic N) is 1. The molecule has 1 aliphatic heterocycles. The first-order chi connectivity index (χ1) is 10.8. The summed E-state index contributed by atoms with van der Waals surface area (Å²) in [5, 5.41) is 0.704. The molecule has 1 saturated heterocycles. The number of alkyl halides is 3. The summed E-state index contributed by atoms with van der Waals surface area (Å²) >= 11 is 7.17. The first-order valence-electron chi connectivity index (χ1n) is 7.01. The highest BCUT2D eigenvalue weighted by atomic mass is 35.5. The van der Waals surface area contributed by atoms with E-state index in [1.807, 2.05) is 0 Å². The number of halogens is 5. The highest BCUT2D eigenvalue weighted by molar-refractivity contribution is 7.21. The molecule has 0 spiro atoms. The van der Waals surface area contributed by atoms with E-state index in [4.69, 9.17) is 11.6 Å². The number of thiophene rings is 1. The van der Waals surface area contributed by atoms with Crippen molar-refractivity contribution < 1.29 is 22.4 Å². The molecule has 1 aromatic heterocycles. The first kappa shape index (κ1) is 16.5. The molecule has 1 unspecified atom stereocenters. The van der Waals surface area contributed by atoms with E-state index in [0.717, 1.165) is 11.3 Å². The molecule has 124 valence electrons. The summed E-state index contributed by atoms with van der Waals surface area (Å²) in [6.45, 7) is -0.0916. The van der Waals surface area contributed by atoms with Gasteiger partial charge in [-0.2, -0.15) is 13.2 Å². The number of benzene rings is 1. The summed E-state index contributed by atoms with van der Waals surface area (Å²) in [7, 11) is 0. The van der Waals surface area contributed by atoms with E-state index in [0.29, 0.717) is 16.5 Å². The van der Waals surface area contributed by atoms with Crippen LogP contribution in [-0.4, -0.2) is 30.1 Å². The normalized spacial score (nSPS) is 19.3. The molecular weight excluding hydrogens is 354 g/mol. The van der Waals surface area contributed by atoms with Gasteiger partial charge < -0.3 is 4.90 Å². The molecule has 0 aliphatic carbocycles. The fraction of sp³-hybridized carbons (Fsp3) is 0.400. The second-order valence-electron chi connectivity index (χ2n) is 5.52. The molecule has 3 rings (SSSR count). The van der Waals surface area contributed by atoms with E-state index in [2.05, 4.69) is 0 Å². The van der Waals surface area contributed by atoms with Crippen LogP contribution in [0.5, 0.6) is 0 Å². The smallest absolute Gasteiger partial charge is 0.337 e. The van der Waals surface area contributed by atoms with Crippen LogP contribution in [-0.2, 0) is 0 Å². The molecule has 1 amide bonds. The predicted molar refractivity (Wildman–Crippen MR) is 81.5 cm³/mol. The van der Waals surface area contributed by atoms with Crippen LogP contribution >= 0.6 is 22.9 Å².